The SMILES string of the molecule is Cc1ccc([C@H](NC(=O)/C=C\c2ccc3c(c2)OCO3)C(=O)Nc2ccc3c(c2)OCCO3)cc1. The molecule has 0 aliphatic carbocycles. The van der Waals surface area contributed by atoms with E-state index >= 15 is 0 Å². The van der Waals surface area contributed by atoms with E-state index in [1.807, 2.05) is 37.3 Å². The fourth-order valence-corrected chi connectivity index (χ4v) is 3.77. The molecule has 8 nitrogen and oxygen atoms in total. The summed E-state index contributed by atoms with van der Waals surface area (Å²) >= 11 is 0. The number of hydrogen-bond acceptors (Lipinski definition) is 6. The normalized spacial score (nSPS) is 14.4. The van der Waals surface area contributed by atoms with Crippen molar-refractivity contribution < 1.29 is 28.5 Å². The molecule has 2 amide bonds. The van der Waals surface area contributed by atoms with Crippen LogP contribution >= 0.6 is 0 Å². The standard InChI is InChI=1S/C27H24N2O6/c1-17-2-6-19(7-3-17)26(27(31)28-20-8-10-21-24(15-20)33-13-12-32-21)29-25(30)11-5-18-4-9-22-23(14-18)35-16-34-22/h2-11,14-15,26H,12-13,16H2,1H3,(H,28,31)(H,29,30)/b11-5-/t26-/m0/s1. The molecule has 0 spiro atoms. The monoisotopic (exact) mass is 472 g/mol. The lowest BCUT2D eigenvalue weighted by Gasteiger charge is -2.21. The first kappa shape index (κ1) is 22.3. The van der Waals surface area contributed by atoms with E-state index in [0.29, 0.717) is 47.5 Å². The minimum Gasteiger partial charge on any atom is -0.486 e. The van der Waals surface area contributed by atoms with Gasteiger partial charge in [-0.15, -0.1) is 0 Å². The lowest BCUT2D eigenvalue weighted by atomic mass is 10.0. The Labute approximate surface area is 202 Å². The van der Waals surface area contributed by atoms with E-state index in [9.17, 15) is 9.59 Å². The molecule has 2 N–H and O–H groups in total. The average Bonchev–Trinajstić information content (AvgIpc) is 3.34. The summed E-state index contributed by atoms with van der Waals surface area (Å²) in [7, 11) is 0. The van der Waals surface area contributed by atoms with Crippen LogP contribution in [0, 0.1) is 6.92 Å². The highest BCUT2D eigenvalue weighted by Crippen LogP contribution is 2.34. The smallest absolute Gasteiger partial charge is 0.251 e. The molecule has 0 saturated carbocycles. The minimum atomic E-state index is -0.905. The van der Waals surface area contributed by atoms with Crippen LogP contribution in [-0.4, -0.2) is 31.8 Å². The number of amides is 2. The van der Waals surface area contributed by atoms with Gasteiger partial charge in [0, 0.05) is 17.8 Å². The summed E-state index contributed by atoms with van der Waals surface area (Å²) in [4.78, 5) is 26.0. The molecule has 8 heteroatoms. The van der Waals surface area contributed by atoms with Gasteiger partial charge in [0.25, 0.3) is 5.91 Å². The second-order valence-corrected chi connectivity index (χ2v) is 8.15. The quantitative estimate of drug-likeness (QED) is 0.527. The molecule has 35 heavy (non-hydrogen) atoms. The molecule has 2 aliphatic heterocycles. The highest BCUT2D eigenvalue weighted by atomic mass is 16.7. The Hall–Kier alpha value is -4.46. The average molecular weight is 472 g/mol. The van der Waals surface area contributed by atoms with E-state index in [1.54, 1.807) is 36.4 Å². The Kier molecular flexibility index (Phi) is 6.26. The zero-order valence-corrected chi connectivity index (χ0v) is 19.1. The van der Waals surface area contributed by atoms with Crippen LogP contribution in [0.3, 0.4) is 0 Å². The van der Waals surface area contributed by atoms with E-state index < -0.39 is 11.9 Å². The number of rotatable bonds is 6. The van der Waals surface area contributed by atoms with Crippen molar-refractivity contribution in [3.63, 3.8) is 0 Å². The number of carbonyl (C=O) groups excluding carboxylic acids is 2. The molecule has 1 atom stereocenters. The molecule has 0 bridgehead atoms. The first-order valence-corrected chi connectivity index (χ1v) is 11.2. The Morgan fingerprint density at radius 3 is 2.34 bits per heavy atom. The zero-order valence-electron chi connectivity index (χ0n) is 19.1. The number of aryl methyl sites for hydroxylation is 1. The van der Waals surface area contributed by atoms with Crippen LogP contribution in [0.5, 0.6) is 23.0 Å². The Bertz CT molecular complexity index is 1290. The summed E-state index contributed by atoms with van der Waals surface area (Å²) in [5.41, 5.74) is 3.03. The van der Waals surface area contributed by atoms with Crippen molar-refractivity contribution in [1.82, 2.24) is 5.32 Å². The fraction of sp³-hybridized carbons (Fsp3) is 0.185. The molecule has 178 valence electrons. The van der Waals surface area contributed by atoms with Crippen LogP contribution in [0.15, 0.2) is 66.7 Å². The summed E-state index contributed by atoms with van der Waals surface area (Å²) < 4.78 is 21.8. The van der Waals surface area contributed by atoms with Crippen molar-refractivity contribution in [2.24, 2.45) is 0 Å². The lowest BCUT2D eigenvalue weighted by molar-refractivity contribution is -0.123. The third-order valence-electron chi connectivity index (χ3n) is 5.59. The van der Waals surface area contributed by atoms with Crippen molar-refractivity contribution >= 4 is 23.6 Å². The Morgan fingerprint density at radius 2 is 1.51 bits per heavy atom. The van der Waals surface area contributed by atoms with Gasteiger partial charge in [-0.25, -0.2) is 0 Å². The molecule has 0 aromatic heterocycles. The van der Waals surface area contributed by atoms with Crippen LogP contribution in [-0.2, 0) is 9.59 Å². The molecule has 0 saturated heterocycles. The fourth-order valence-electron chi connectivity index (χ4n) is 3.77. The third-order valence-corrected chi connectivity index (χ3v) is 5.59. The van der Waals surface area contributed by atoms with Crippen LogP contribution in [0.2, 0.25) is 0 Å². The predicted octanol–water partition coefficient (Wildman–Crippen LogP) is 4.00. The molecular formula is C27H24N2O6. The maximum Gasteiger partial charge on any atom is 0.251 e. The summed E-state index contributed by atoms with van der Waals surface area (Å²) in [6.45, 7) is 3.07. The summed E-state index contributed by atoms with van der Waals surface area (Å²) in [5, 5.41) is 5.68. The van der Waals surface area contributed by atoms with E-state index in [-0.39, 0.29) is 12.7 Å². The van der Waals surface area contributed by atoms with Gasteiger partial charge >= 0.3 is 0 Å². The van der Waals surface area contributed by atoms with Crippen LogP contribution < -0.4 is 29.6 Å². The van der Waals surface area contributed by atoms with E-state index in [4.69, 9.17) is 18.9 Å². The van der Waals surface area contributed by atoms with E-state index in [2.05, 4.69) is 10.6 Å². The van der Waals surface area contributed by atoms with Gasteiger partial charge in [0.2, 0.25) is 12.7 Å². The molecule has 3 aromatic carbocycles. The van der Waals surface area contributed by atoms with Gasteiger partial charge in [-0.3, -0.25) is 9.59 Å². The second-order valence-electron chi connectivity index (χ2n) is 8.15. The maximum atomic E-state index is 13.3. The van der Waals surface area contributed by atoms with Crippen molar-refractivity contribution in [2.45, 2.75) is 13.0 Å². The predicted molar refractivity (Wildman–Crippen MR) is 130 cm³/mol. The van der Waals surface area contributed by atoms with Gasteiger partial charge in [0.05, 0.1) is 0 Å². The van der Waals surface area contributed by atoms with Crippen LogP contribution in [0.25, 0.3) is 6.08 Å². The molecule has 5 rings (SSSR count). The number of benzene rings is 3. The van der Waals surface area contributed by atoms with E-state index in [0.717, 1.165) is 11.1 Å². The molecule has 2 aliphatic rings. The first-order valence-electron chi connectivity index (χ1n) is 11.2. The summed E-state index contributed by atoms with van der Waals surface area (Å²) in [5.74, 6) is 1.70. The number of anilines is 1. The van der Waals surface area contributed by atoms with E-state index in [1.165, 1.54) is 6.08 Å². The number of ether oxygens (including phenoxy) is 4. The molecule has 0 radical (unpaired) electrons. The zero-order chi connectivity index (χ0) is 24.2. The lowest BCUT2D eigenvalue weighted by Crippen LogP contribution is -2.36. The first-order chi connectivity index (χ1) is 17.0. The number of nitrogens with one attached hydrogen (secondary N) is 2. The highest BCUT2D eigenvalue weighted by Gasteiger charge is 2.23. The van der Waals surface area contributed by atoms with Gasteiger partial charge in [0.15, 0.2) is 23.0 Å². The van der Waals surface area contributed by atoms with Crippen LogP contribution in [0.4, 0.5) is 5.69 Å². The highest BCUT2D eigenvalue weighted by molar-refractivity contribution is 6.00. The number of carbonyl (C=O) groups is 2. The topological polar surface area (TPSA) is 95.1 Å². The third kappa shape index (κ3) is 5.22. The largest absolute Gasteiger partial charge is 0.486 e. The van der Waals surface area contributed by atoms with Gasteiger partial charge in [-0.2, -0.15) is 0 Å². The van der Waals surface area contributed by atoms with Crippen molar-refractivity contribution in [2.75, 3.05) is 25.3 Å². The molecule has 0 unspecified atom stereocenters. The van der Waals surface area contributed by atoms with Gasteiger partial charge in [0.1, 0.15) is 19.3 Å². The van der Waals surface area contributed by atoms with Crippen molar-refractivity contribution in [1.29, 1.82) is 0 Å². The van der Waals surface area contributed by atoms with Crippen LogP contribution in [0.1, 0.15) is 22.7 Å². The number of fused-ring (bicyclic) bond motifs is 2. The molecule has 2 heterocycles. The summed E-state index contributed by atoms with van der Waals surface area (Å²) in [6.07, 6.45) is 3.04. The number of hydrogen-bond donors (Lipinski definition) is 2. The Morgan fingerprint density at radius 1 is 0.829 bits per heavy atom. The molecule has 3 aromatic rings. The maximum absolute atomic E-state index is 13.3. The van der Waals surface area contributed by atoms with Gasteiger partial charge < -0.3 is 29.6 Å². The van der Waals surface area contributed by atoms with Gasteiger partial charge in [-0.1, -0.05) is 35.9 Å². The van der Waals surface area contributed by atoms with Gasteiger partial charge in [-0.05, 0) is 48.4 Å². The minimum absolute atomic E-state index is 0.180. The second kappa shape index (κ2) is 9.80. The Balaban J connectivity index is 1.32. The van der Waals surface area contributed by atoms with Crippen molar-refractivity contribution in [3.8, 4) is 23.0 Å². The molecule has 0 fully saturated rings. The molecular weight excluding hydrogens is 448 g/mol. The summed E-state index contributed by atoms with van der Waals surface area (Å²) in [6, 6.07) is 17.1. The van der Waals surface area contributed by atoms with Crippen molar-refractivity contribution in [3.05, 3.63) is 83.4 Å².